The molecule has 0 aliphatic rings. The van der Waals surface area contributed by atoms with Crippen molar-refractivity contribution in [2.24, 2.45) is 7.05 Å². The van der Waals surface area contributed by atoms with Crippen molar-refractivity contribution in [2.75, 3.05) is 0 Å². The van der Waals surface area contributed by atoms with Gasteiger partial charge in [0.05, 0.1) is 0 Å². The van der Waals surface area contributed by atoms with Crippen LogP contribution in [0.2, 0.25) is 5.15 Å². The van der Waals surface area contributed by atoms with Gasteiger partial charge in [0.15, 0.2) is 5.69 Å². The van der Waals surface area contributed by atoms with E-state index in [4.69, 9.17) is 11.6 Å². The van der Waals surface area contributed by atoms with E-state index < -0.39 is 0 Å². The number of nitrogens with zero attached hydrogens (tertiary/aromatic N) is 5. The highest BCUT2D eigenvalue weighted by Gasteiger charge is 2.19. The van der Waals surface area contributed by atoms with Gasteiger partial charge in [-0.25, -0.2) is 4.98 Å². The van der Waals surface area contributed by atoms with Gasteiger partial charge in [0.25, 0.3) is 0 Å². The molecule has 0 radical (unpaired) electrons. The highest BCUT2D eigenvalue weighted by atomic mass is 35.5. The number of aryl methyl sites for hydroxylation is 1. The number of carbonyl (C=O) groups excluding carboxylic acids is 1. The first-order valence-electron chi connectivity index (χ1n) is 7.78. The van der Waals surface area contributed by atoms with Crippen LogP contribution >= 0.6 is 11.6 Å². The van der Waals surface area contributed by atoms with E-state index in [2.05, 4.69) is 16.2 Å². The Morgan fingerprint density at radius 2 is 1.96 bits per heavy atom. The van der Waals surface area contributed by atoms with E-state index >= 15 is 0 Å². The highest BCUT2D eigenvalue weighted by Crippen LogP contribution is 2.36. The molecule has 0 aliphatic heterocycles. The predicted octanol–water partition coefficient (Wildman–Crippen LogP) is 3.74. The number of nitriles is 1. The number of carbonyl (C=O) groups is 1. The van der Waals surface area contributed by atoms with Crippen LogP contribution in [0.3, 0.4) is 0 Å². The van der Waals surface area contributed by atoms with Crippen LogP contribution in [0.15, 0.2) is 48.8 Å². The van der Waals surface area contributed by atoms with Crippen molar-refractivity contribution in [1.29, 1.82) is 5.26 Å². The quantitative estimate of drug-likeness (QED) is 0.521. The Kier molecular flexibility index (Phi) is 3.79. The summed E-state index contributed by atoms with van der Waals surface area (Å²) in [7, 11) is 1.77. The SMILES string of the molecule is Cn1cc(-c2ccccc2-c2nc3cc(C=O)ccn3c2Cl)c(C#N)n1. The first-order chi connectivity index (χ1) is 12.6. The molecule has 3 heterocycles. The summed E-state index contributed by atoms with van der Waals surface area (Å²) in [6, 6.07) is 13.1. The van der Waals surface area contributed by atoms with Crippen LogP contribution in [0.1, 0.15) is 16.1 Å². The maximum absolute atomic E-state index is 11.0. The third-order valence-corrected chi connectivity index (χ3v) is 4.50. The van der Waals surface area contributed by atoms with Gasteiger partial charge in [0.2, 0.25) is 0 Å². The minimum absolute atomic E-state index is 0.336. The van der Waals surface area contributed by atoms with Gasteiger partial charge in [-0.3, -0.25) is 13.9 Å². The second-order valence-electron chi connectivity index (χ2n) is 5.78. The molecule has 1 aromatic carbocycles. The zero-order valence-electron chi connectivity index (χ0n) is 13.7. The second kappa shape index (κ2) is 6.14. The lowest BCUT2D eigenvalue weighted by atomic mass is 9.98. The van der Waals surface area contributed by atoms with Crippen molar-refractivity contribution in [2.45, 2.75) is 0 Å². The fourth-order valence-corrected chi connectivity index (χ4v) is 3.25. The molecule has 6 nitrogen and oxygen atoms in total. The van der Waals surface area contributed by atoms with Crippen molar-refractivity contribution in [1.82, 2.24) is 19.2 Å². The summed E-state index contributed by atoms with van der Waals surface area (Å²) in [6.45, 7) is 0. The third-order valence-electron chi connectivity index (χ3n) is 4.14. The number of benzene rings is 1. The number of pyridine rings is 1. The number of rotatable bonds is 3. The Balaban J connectivity index is 1.98. The van der Waals surface area contributed by atoms with Gasteiger partial charge in [-0.1, -0.05) is 35.9 Å². The monoisotopic (exact) mass is 361 g/mol. The minimum Gasteiger partial charge on any atom is -0.298 e. The molecule has 0 amide bonds. The summed E-state index contributed by atoms with van der Waals surface area (Å²) in [6.07, 6.45) is 4.28. The maximum Gasteiger partial charge on any atom is 0.170 e. The van der Waals surface area contributed by atoms with Crippen molar-refractivity contribution in [3.63, 3.8) is 0 Å². The molecule has 0 fully saturated rings. The van der Waals surface area contributed by atoms with Crippen LogP contribution in [-0.4, -0.2) is 25.5 Å². The lowest BCUT2D eigenvalue weighted by Crippen LogP contribution is -1.88. The van der Waals surface area contributed by atoms with E-state index in [0.717, 1.165) is 17.4 Å². The molecule has 26 heavy (non-hydrogen) atoms. The topological polar surface area (TPSA) is 76.0 Å². The number of hydrogen-bond acceptors (Lipinski definition) is 4. The number of fused-ring (bicyclic) bond motifs is 1. The van der Waals surface area contributed by atoms with Crippen LogP contribution in [0, 0.1) is 11.3 Å². The molecule has 0 N–H and O–H groups in total. The average molecular weight is 362 g/mol. The Hall–Kier alpha value is -3.43. The van der Waals surface area contributed by atoms with Gasteiger partial charge in [-0.15, -0.1) is 0 Å². The molecule has 0 spiro atoms. The number of halogens is 1. The van der Waals surface area contributed by atoms with Crippen LogP contribution in [0.4, 0.5) is 0 Å². The average Bonchev–Trinajstić information content (AvgIpc) is 3.21. The summed E-state index contributed by atoms with van der Waals surface area (Å²) in [5.41, 5.74) is 4.35. The Bertz CT molecular complexity index is 1200. The Morgan fingerprint density at radius 1 is 1.19 bits per heavy atom. The molecular weight excluding hydrogens is 350 g/mol. The van der Waals surface area contributed by atoms with Crippen molar-refractivity contribution in [3.8, 4) is 28.5 Å². The van der Waals surface area contributed by atoms with Gasteiger partial charge in [-0.05, 0) is 17.7 Å². The van der Waals surface area contributed by atoms with Gasteiger partial charge in [0, 0.05) is 36.1 Å². The fraction of sp³-hybridized carbons (Fsp3) is 0.0526. The molecule has 0 unspecified atom stereocenters. The zero-order valence-corrected chi connectivity index (χ0v) is 14.5. The van der Waals surface area contributed by atoms with Crippen LogP contribution in [0.5, 0.6) is 0 Å². The molecule has 0 saturated heterocycles. The Labute approximate surface area is 153 Å². The molecule has 126 valence electrons. The largest absolute Gasteiger partial charge is 0.298 e. The molecule has 7 heteroatoms. The summed E-state index contributed by atoms with van der Waals surface area (Å²) in [5.74, 6) is 0. The predicted molar refractivity (Wildman–Crippen MR) is 97.9 cm³/mol. The van der Waals surface area contributed by atoms with Gasteiger partial charge >= 0.3 is 0 Å². The van der Waals surface area contributed by atoms with Gasteiger partial charge in [-0.2, -0.15) is 10.4 Å². The second-order valence-corrected chi connectivity index (χ2v) is 6.14. The Morgan fingerprint density at radius 3 is 2.69 bits per heavy atom. The molecule has 3 aromatic heterocycles. The van der Waals surface area contributed by atoms with Crippen molar-refractivity contribution < 1.29 is 4.79 Å². The van der Waals surface area contributed by atoms with Crippen molar-refractivity contribution in [3.05, 3.63) is 65.2 Å². The lowest BCUT2D eigenvalue weighted by molar-refractivity contribution is 0.112. The van der Waals surface area contributed by atoms with E-state index in [9.17, 15) is 10.1 Å². The highest BCUT2D eigenvalue weighted by molar-refractivity contribution is 6.32. The third kappa shape index (κ3) is 2.46. The van der Waals surface area contributed by atoms with Crippen LogP contribution in [0.25, 0.3) is 28.0 Å². The van der Waals surface area contributed by atoms with Crippen LogP contribution in [-0.2, 0) is 7.05 Å². The van der Waals surface area contributed by atoms with Gasteiger partial charge in [0.1, 0.15) is 28.8 Å². The molecule has 0 bridgehead atoms. The van der Waals surface area contributed by atoms with Crippen molar-refractivity contribution >= 4 is 23.5 Å². The zero-order chi connectivity index (χ0) is 18.3. The van der Waals surface area contributed by atoms with E-state index in [1.165, 1.54) is 0 Å². The normalized spacial score (nSPS) is 10.8. The fourth-order valence-electron chi connectivity index (χ4n) is 2.97. The van der Waals surface area contributed by atoms with Gasteiger partial charge < -0.3 is 0 Å². The molecule has 0 saturated carbocycles. The summed E-state index contributed by atoms with van der Waals surface area (Å²) < 4.78 is 3.32. The first-order valence-corrected chi connectivity index (χ1v) is 8.16. The molecule has 0 aliphatic carbocycles. The number of hydrogen-bond donors (Lipinski definition) is 0. The lowest BCUT2D eigenvalue weighted by Gasteiger charge is -2.06. The smallest absolute Gasteiger partial charge is 0.170 e. The van der Waals surface area contributed by atoms with Crippen LogP contribution < -0.4 is 0 Å². The maximum atomic E-state index is 11.0. The standard InChI is InChI=1S/C19H12ClN5O/c1-24-10-15(16(9-21)23-24)13-4-2-3-5-14(13)18-19(20)25-7-6-12(11-26)8-17(25)22-18/h2-8,10-11H,1H3. The number of imidazole rings is 1. The van der Waals surface area contributed by atoms with E-state index in [1.54, 1.807) is 40.7 Å². The van der Waals surface area contributed by atoms with E-state index in [1.807, 2.05) is 24.3 Å². The summed E-state index contributed by atoms with van der Waals surface area (Å²) in [5, 5.41) is 14.0. The van der Waals surface area contributed by atoms with E-state index in [-0.39, 0.29) is 0 Å². The minimum atomic E-state index is 0.336. The molecule has 4 aromatic rings. The summed E-state index contributed by atoms with van der Waals surface area (Å²) >= 11 is 6.55. The van der Waals surface area contributed by atoms with E-state index in [0.29, 0.717) is 33.3 Å². The molecule has 4 rings (SSSR count). The molecule has 0 atom stereocenters. The number of aldehydes is 1. The molecular formula is C19H12ClN5O. The number of aromatic nitrogens is 4. The summed E-state index contributed by atoms with van der Waals surface area (Å²) in [4.78, 5) is 15.6. The first kappa shape index (κ1) is 16.1.